The molecular weight excluding hydrogens is 676 g/mol. The number of amides is 4. The molecule has 14 heteroatoms. The van der Waals surface area contributed by atoms with Crippen molar-refractivity contribution in [2.24, 2.45) is 0 Å². The topological polar surface area (TPSA) is 192 Å². The van der Waals surface area contributed by atoms with Crippen molar-refractivity contribution in [3.05, 3.63) is 101 Å². The Morgan fingerprint density at radius 2 is 1.70 bits per heavy atom. The van der Waals surface area contributed by atoms with Gasteiger partial charge in [-0.05, 0) is 62.1 Å². The number of rotatable bonds is 5. The highest BCUT2D eigenvalue weighted by Crippen LogP contribution is 2.28. The number of fused-ring (bicyclic) bond motifs is 15. The first kappa shape index (κ1) is 36.8. The van der Waals surface area contributed by atoms with Crippen LogP contribution in [-0.4, -0.2) is 80.3 Å². The molecule has 4 amide bonds. The quantitative estimate of drug-likeness (QED) is 0.160. The van der Waals surface area contributed by atoms with E-state index in [1.807, 2.05) is 63.2 Å². The lowest BCUT2D eigenvalue weighted by Gasteiger charge is -2.24. The highest BCUT2D eigenvalue weighted by molar-refractivity contribution is 5.96. The number of benzene rings is 3. The van der Waals surface area contributed by atoms with Crippen LogP contribution in [0, 0.1) is 20.8 Å². The summed E-state index contributed by atoms with van der Waals surface area (Å²) in [5, 5.41) is 27.0. The first-order valence-electron chi connectivity index (χ1n) is 17.6. The SMILES string of the molecule is Cc1[nH]c2c(C)ccc(C)c2c1CC(=O)N[C@H]1Cc2ccc(cc2)OCCNC(=O)Cn2nc(-c3ccccc3)nc2[C@H](C)NC(=O)[C@H](CO)NC1=O. The van der Waals surface area contributed by atoms with Crippen molar-refractivity contribution in [2.45, 2.75) is 65.2 Å². The van der Waals surface area contributed by atoms with Gasteiger partial charge in [0.1, 0.15) is 36.8 Å². The number of aliphatic hydroxyl groups is 1. The van der Waals surface area contributed by atoms with Crippen LogP contribution < -0.4 is 26.0 Å². The predicted octanol–water partition coefficient (Wildman–Crippen LogP) is 2.48. The predicted molar refractivity (Wildman–Crippen MR) is 198 cm³/mol. The van der Waals surface area contributed by atoms with Crippen LogP contribution in [0.5, 0.6) is 5.75 Å². The molecule has 0 unspecified atom stereocenters. The summed E-state index contributed by atoms with van der Waals surface area (Å²) < 4.78 is 7.25. The van der Waals surface area contributed by atoms with Crippen molar-refractivity contribution in [1.29, 1.82) is 0 Å². The molecule has 14 nitrogen and oxygen atoms in total. The van der Waals surface area contributed by atoms with Gasteiger partial charge in [-0.15, -0.1) is 0 Å². The van der Waals surface area contributed by atoms with E-state index in [0.717, 1.165) is 44.4 Å². The summed E-state index contributed by atoms with van der Waals surface area (Å²) >= 11 is 0. The molecule has 2 aliphatic heterocycles. The zero-order chi connectivity index (χ0) is 37.6. The van der Waals surface area contributed by atoms with E-state index in [0.29, 0.717) is 17.4 Å². The molecule has 3 atom stereocenters. The molecule has 0 spiro atoms. The number of aromatic nitrogens is 4. The third-order valence-electron chi connectivity index (χ3n) is 9.32. The van der Waals surface area contributed by atoms with E-state index in [4.69, 9.17) is 4.74 Å². The van der Waals surface area contributed by atoms with Crippen LogP contribution in [-0.2, 0) is 38.6 Å². The van der Waals surface area contributed by atoms with Gasteiger partial charge in [-0.3, -0.25) is 19.2 Å². The molecule has 0 saturated carbocycles. The van der Waals surface area contributed by atoms with Crippen LogP contribution >= 0.6 is 0 Å². The second-order valence-electron chi connectivity index (χ2n) is 13.3. The number of hydrogen-bond donors (Lipinski definition) is 6. The number of carbonyl (C=O) groups is 4. The maximum absolute atomic E-state index is 13.9. The Bertz CT molecular complexity index is 2130. The number of hydrogen-bond acceptors (Lipinski definition) is 8. The monoisotopic (exact) mass is 720 g/mol. The standard InChI is InChI=1S/C39H44N8O6/c1-22-10-11-23(2)35-34(22)29(24(3)41-35)19-32(49)43-30-18-26-12-14-28(15-13-26)53-17-16-40-33(50)20-47-37(45-36(46-47)27-8-6-5-7-9-27)25(4)42-39(52)31(21-48)44-38(30)51/h5-15,25,30-31,41,48H,16-21H2,1-4H3,(H,40,50)(H,42,52)(H,43,49)(H,44,51)/t25-,30-,31-/m0/s1. The van der Waals surface area contributed by atoms with Crippen LogP contribution in [0.4, 0.5) is 0 Å². The van der Waals surface area contributed by atoms with Crippen LogP contribution in [0.1, 0.15) is 46.7 Å². The molecule has 53 heavy (non-hydrogen) atoms. The number of aryl methyl sites for hydroxylation is 3. The number of nitrogens with one attached hydrogen (secondary N) is 5. The highest BCUT2D eigenvalue weighted by atomic mass is 16.5. The highest BCUT2D eigenvalue weighted by Gasteiger charge is 2.30. The summed E-state index contributed by atoms with van der Waals surface area (Å²) in [6, 6.07) is 17.1. The van der Waals surface area contributed by atoms with Crippen molar-refractivity contribution in [1.82, 2.24) is 41.0 Å². The summed E-state index contributed by atoms with van der Waals surface area (Å²) in [6.45, 7) is 7.13. The van der Waals surface area contributed by atoms with Gasteiger partial charge in [-0.1, -0.05) is 54.6 Å². The Morgan fingerprint density at radius 1 is 0.962 bits per heavy atom. The summed E-state index contributed by atoms with van der Waals surface area (Å²) in [4.78, 5) is 62.1. The molecule has 0 saturated heterocycles. The van der Waals surface area contributed by atoms with Crippen LogP contribution in [0.25, 0.3) is 22.3 Å². The van der Waals surface area contributed by atoms with Gasteiger partial charge in [0.2, 0.25) is 23.6 Å². The molecule has 5 aromatic rings. The molecule has 3 aromatic carbocycles. The van der Waals surface area contributed by atoms with Crippen LogP contribution in [0.15, 0.2) is 66.7 Å². The number of carbonyl (C=O) groups excluding carboxylic acids is 4. The fourth-order valence-corrected chi connectivity index (χ4v) is 6.50. The van der Waals surface area contributed by atoms with Gasteiger partial charge in [0.25, 0.3) is 0 Å². The summed E-state index contributed by atoms with van der Waals surface area (Å²) in [6.07, 6.45) is 0.122. The molecule has 0 aliphatic carbocycles. The largest absolute Gasteiger partial charge is 0.492 e. The van der Waals surface area contributed by atoms with Crippen molar-refractivity contribution >= 4 is 34.5 Å². The normalized spacial score (nSPS) is 18.7. The fourth-order valence-electron chi connectivity index (χ4n) is 6.50. The number of ether oxygens (including phenoxy) is 1. The Morgan fingerprint density at radius 3 is 2.43 bits per heavy atom. The lowest BCUT2D eigenvalue weighted by molar-refractivity contribution is -0.132. The first-order valence-corrected chi connectivity index (χ1v) is 17.6. The van der Waals surface area contributed by atoms with E-state index in [2.05, 4.69) is 36.3 Å². The Kier molecular flexibility index (Phi) is 11.2. The summed E-state index contributed by atoms with van der Waals surface area (Å²) in [5.41, 5.74) is 6.21. The van der Waals surface area contributed by atoms with E-state index in [-0.39, 0.29) is 44.4 Å². The molecular formula is C39H44N8O6. The molecule has 2 aliphatic rings. The second kappa shape index (κ2) is 16.1. The van der Waals surface area contributed by atoms with Crippen LogP contribution in [0.2, 0.25) is 0 Å². The van der Waals surface area contributed by atoms with Crippen molar-refractivity contribution < 1.29 is 29.0 Å². The number of H-pyrrole nitrogens is 1. The smallest absolute Gasteiger partial charge is 0.245 e. The second-order valence-corrected chi connectivity index (χ2v) is 13.3. The maximum Gasteiger partial charge on any atom is 0.245 e. The van der Waals surface area contributed by atoms with Gasteiger partial charge in [-0.2, -0.15) is 5.10 Å². The van der Waals surface area contributed by atoms with Gasteiger partial charge >= 0.3 is 0 Å². The summed E-state index contributed by atoms with van der Waals surface area (Å²) in [7, 11) is 0. The van der Waals surface area contributed by atoms with Crippen molar-refractivity contribution in [3.63, 3.8) is 0 Å². The van der Waals surface area contributed by atoms with Gasteiger partial charge in [-0.25, -0.2) is 9.67 Å². The molecule has 4 heterocycles. The van der Waals surface area contributed by atoms with Crippen LogP contribution in [0.3, 0.4) is 0 Å². The van der Waals surface area contributed by atoms with Crippen molar-refractivity contribution in [2.75, 3.05) is 19.8 Å². The molecule has 6 N–H and O–H groups in total. The van der Waals surface area contributed by atoms with E-state index >= 15 is 0 Å². The van der Waals surface area contributed by atoms with E-state index in [1.54, 1.807) is 31.2 Å². The average Bonchev–Trinajstić information content (AvgIpc) is 3.72. The van der Waals surface area contributed by atoms with Crippen molar-refractivity contribution in [3.8, 4) is 17.1 Å². The molecule has 2 aromatic heterocycles. The van der Waals surface area contributed by atoms with Gasteiger partial charge in [0.15, 0.2) is 5.82 Å². The third-order valence-corrected chi connectivity index (χ3v) is 9.32. The number of nitrogens with zero attached hydrogens (tertiary/aromatic N) is 3. The average molecular weight is 721 g/mol. The molecule has 2 bridgehead atoms. The number of aliphatic hydroxyl groups excluding tert-OH is 1. The minimum Gasteiger partial charge on any atom is -0.492 e. The Hall–Kier alpha value is -6.02. The Labute approximate surface area is 306 Å². The first-order chi connectivity index (χ1) is 25.5. The van der Waals surface area contributed by atoms with Gasteiger partial charge in [0, 0.05) is 28.6 Å². The van der Waals surface area contributed by atoms with E-state index < -0.39 is 36.5 Å². The zero-order valence-electron chi connectivity index (χ0n) is 30.2. The number of aromatic amines is 1. The van der Waals surface area contributed by atoms with Gasteiger partial charge < -0.3 is 36.1 Å². The molecule has 0 fully saturated rings. The van der Waals surface area contributed by atoms with Gasteiger partial charge in [0.05, 0.1) is 25.6 Å². The third kappa shape index (κ3) is 8.55. The summed E-state index contributed by atoms with van der Waals surface area (Å²) in [5.74, 6) is -0.833. The fraction of sp³-hybridized carbons (Fsp3) is 0.333. The Balaban J connectivity index is 1.27. The lowest BCUT2D eigenvalue weighted by atomic mass is 10.00. The maximum atomic E-state index is 13.9. The minimum atomic E-state index is -1.36. The zero-order valence-corrected chi connectivity index (χ0v) is 30.2. The molecule has 0 radical (unpaired) electrons. The molecule has 276 valence electrons. The lowest BCUT2D eigenvalue weighted by Crippen LogP contribution is -2.56. The van der Waals surface area contributed by atoms with E-state index in [1.165, 1.54) is 4.68 Å². The molecule has 7 rings (SSSR count). The minimum absolute atomic E-state index is 0.0241. The van der Waals surface area contributed by atoms with E-state index in [9.17, 15) is 24.3 Å².